The maximum absolute atomic E-state index is 12.8. The summed E-state index contributed by atoms with van der Waals surface area (Å²) in [4.78, 5) is 13.9. The maximum atomic E-state index is 12.8. The van der Waals surface area contributed by atoms with Crippen molar-refractivity contribution in [1.82, 2.24) is 9.62 Å². The van der Waals surface area contributed by atoms with Crippen LogP contribution in [0.3, 0.4) is 0 Å². The van der Waals surface area contributed by atoms with Gasteiger partial charge in [0.2, 0.25) is 10.0 Å². The molecule has 2 N–H and O–H groups in total. The van der Waals surface area contributed by atoms with Gasteiger partial charge in [-0.3, -0.25) is 4.79 Å². The van der Waals surface area contributed by atoms with Crippen molar-refractivity contribution in [3.8, 4) is 0 Å². The molecule has 2 aliphatic rings. The van der Waals surface area contributed by atoms with Crippen LogP contribution < -0.4 is 10.2 Å². The number of hydrogen-bond donors (Lipinski definition) is 2. The Balaban J connectivity index is 1.49. The SMILES string of the molecule is Cc1ccc(S(=O)(=O)N2CC[NH+](CC(=O)N[C@H]3CCCC[C@@H]3C)CC2)cc1. The number of rotatable bonds is 5. The third-order valence-corrected chi connectivity index (χ3v) is 7.87. The lowest BCUT2D eigenvalue weighted by Gasteiger charge is -2.33. The maximum Gasteiger partial charge on any atom is 0.275 e. The lowest BCUT2D eigenvalue weighted by atomic mass is 9.86. The molecule has 27 heavy (non-hydrogen) atoms. The first-order valence-electron chi connectivity index (χ1n) is 10.1. The van der Waals surface area contributed by atoms with E-state index in [4.69, 9.17) is 0 Å². The van der Waals surface area contributed by atoms with Gasteiger partial charge in [-0.15, -0.1) is 0 Å². The van der Waals surface area contributed by atoms with Gasteiger partial charge in [-0.25, -0.2) is 8.42 Å². The Morgan fingerprint density at radius 1 is 1.15 bits per heavy atom. The van der Waals surface area contributed by atoms with Crippen molar-refractivity contribution >= 4 is 15.9 Å². The van der Waals surface area contributed by atoms with Crippen molar-refractivity contribution in [1.29, 1.82) is 0 Å². The third kappa shape index (κ3) is 5.09. The van der Waals surface area contributed by atoms with Crippen molar-refractivity contribution < 1.29 is 18.1 Å². The molecular formula is C20H32N3O3S+. The quantitative estimate of drug-likeness (QED) is 0.768. The van der Waals surface area contributed by atoms with Gasteiger partial charge in [-0.1, -0.05) is 37.5 Å². The summed E-state index contributed by atoms with van der Waals surface area (Å²) in [5, 5.41) is 3.20. The van der Waals surface area contributed by atoms with E-state index in [1.807, 2.05) is 19.1 Å². The first-order valence-corrected chi connectivity index (χ1v) is 11.5. The van der Waals surface area contributed by atoms with Crippen LogP contribution in [0.15, 0.2) is 29.2 Å². The molecule has 1 saturated carbocycles. The van der Waals surface area contributed by atoms with E-state index in [1.165, 1.54) is 19.3 Å². The molecule has 1 amide bonds. The zero-order valence-electron chi connectivity index (χ0n) is 16.4. The van der Waals surface area contributed by atoms with Gasteiger partial charge in [0, 0.05) is 6.04 Å². The zero-order valence-corrected chi connectivity index (χ0v) is 17.2. The van der Waals surface area contributed by atoms with E-state index in [0.29, 0.717) is 49.6 Å². The predicted molar refractivity (Wildman–Crippen MR) is 105 cm³/mol. The number of carbonyl (C=O) groups is 1. The number of nitrogens with zero attached hydrogens (tertiary/aromatic N) is 1. The Bertz CT molecular complexity index is 740. The Morgan fingerprint density at radius 2 is 1.78 bits per heavy atom. The second kappa shape index (κ2) is 8.71. The number of piperazine rings is 1. The molecule has 1 aromatic carbocycles. The second-order valence-corrected chi connectivity index (χ2v) is 10.0. The van der Waals surface area contributed by atoms with E-state index < -0.39 is 10.0 Å². The summed E-state index contributed by atoms with van der Waals surface area (Å²) < 4.78 is 27.1. The number of nitrogens with one attached hydrogen (secondary N) is 2. The van der Waals surface area contributed by atoms with Gasteiger partial charge in [-0.2, -0.15) is 4.31 Å². The molecule has 1 aliphatic carbocycles. The highest BCUT2D eigenvalue weighted by molar-refractivity contribution is 7.89. The minimum absolute atomic E-state index is 0.0959. The molecule has 1 saturated heterocycles. The van der Waals surface area contributed by atoms with Gasteiger partial charge < -0.3 is 10.2 Å². The van der Waals surface area contributed by atoms with Crippen LogP contribution in [0.4, 0.5) is 0 Å². The predicted octanol–water partition coefficient (Wildman–Crippen LogP) is 0.579. The van der Waals surface area contributed by atoms with Crippen molar-refractivity contribution in [2.24, 2.45) is 5.92 Å². The second-order valence-electron chi connectivity index (χ2n) is 8.08. The van der Waals surface area contributed by atoms with Crippen LogP contribution in [0.2, 0.25) is 0 Å². The molecule has 2 atom stereocenters. The number of benzene rings is 1. The van der Waals surface area contributed by atoms with Crippen LogP contribution in [-0.4, -0.2) is 57.4 Å². The number of aryl methyl sites for hydroxylation is 1. The van der Waals surface area contributed by atoms with E-state index in [-0.39, 0.29) is 5.91 Å². The molecule has 7 heteroatoms. The fourth-order valence-corrected chi connectivity index (χ4v) is 5.54. The molecule has 3 rings (SSSR count). The fraction of sp³-hybridized carbons (Fsp3) is 0.650. The van der Waals surface area contributed by atoms with Gasteiger partial charge in [0.05, 0.1) is 31.1 Å². The number of sulfonamides is 1. The highest BCUT2D eigenvalue weighted by Crippen LogP contribution is 2.23. The molecule has 150 valence electrons. The van der Waals surface area contributed by atoms with Gasteiger partial charge in [0.1, 0.15) is 0 Å². The smallest absolute Gasteiger partial charge is 0.275 e. The average Bonchev–Trinajstić information content (AvgIpc) is 2.64. The van der Waals surface area contributed by atoms with E-state index in [0.717, 1.165) is 16.9 Å². The first kappa shape index (κ1) is 20.3. The molecule has 0 spiro atoms. The zero-order chi connectivity index (χ0) is 19.4. The molecule has 0 unspecified atom stereocenters. The Kier molecular flexibility index (Phi) is 6.55. The van der Waals surface area contributed by atoms with E-state index in [2.05, 4.69) is 12.2 Å². The summed E-state index contributed by atoms with van der Waals surface area (Å²) in [5.41, 5.74) is 1.04. The summed E-state index contributed by atoms with van der Waals surface area (Å²) in [5.74, 6) is 0.646. The molecule has 0 bridgehead atoms. The molecular weight excluding hydrogens is 362 g/mol. The van der Waals surface area contributed by atoms with Gasteiger partial charge in [0.25, 0.3) is 5.91 Å². The minimum Gasteiger partial charge on any atom is -0.348 e. The van der Waals surface area contributed by atoms with E-state index in [9.17, 15) is 13.2 Å². The van der Waals surface area contributed by atoms with Crippen LogP contribution in [0.25, 0.3) is 0 Å². The molecule has 1 aliphatic heterocycles. The highest BCUT2D eigenvalue weighted by atomic mass is 32.2. The molecule has 1 heterocycles. The van der Waals surface area contributed by atoms with Crippen LogP contribution in [0, 0.1) is 12.8 Å². The molecule has 1 aromatic rings. The Morgan fingerprint density at radius 3 is 2.41 bits per heavy atom. The Labute approximate surface area is 163 Å². The standard InChI is InChI=1S/C20H31N3O3S/c1-16-7-9-18(10-8-16)27(25,26)23-13-11-22(12-14-23)15-20(24)21-19-6-4-3-5-17(19)2/h7-10,17,19H,3-6,11-15H2,1-2H3,(H,21,24)/p+1/t17-,19-/m0/s1. The number of hydrogen-bond acceptors (Lipinski definition) is 3. The first-order chi connectivity index (χ1) is 12.9. The molecule has 2 fully saturated rings. The van der Waals surface area contributed by atoms with Gasteiger partial charge >= 0.3 is 0 Å². The van der Waals surface area contributed by atoms with Crippen LogP contribution >= 0.6 is 0 Å². The number of quaternary nitrogens is 1. The van der Waals surface area contributed by atoms with Crippen LogP contribution in [-0.2, 0) is 14.8 Å². The van der Waals surface area contributed by atoms with Gasteiger partial charge in [-0.05, 0) is 37.8 Å². The number of carbonyl (C=O) groups excluding carboxylic acids is 1. The lowest BCUT2D eigenvalue weighted by Crippen LogP contribution is -3.15. The topological polar surface area (TPSA) is 70.9 Å². The molecule has 0 aromatic heterocycles. The van der Waals surface area contributed by atoms with E-state index in [1.54, 1.807) is 16.4 Å². The molecule has 0 radical (unpaired) electrons. The number of amides is 1. The summed E-state index contributed by atoms with van der Waals surface area (Å²) in [6.07, 6.45) is 4.71. The summed E-state index contributed by atoms with van der Waals surface area (Å²) in [6.45, 7) is 6.83. The van der Waals surface area contributed by atoms with Crippen molar-refractivity contribution in [2.75, 3.05) is 32.7 Å². The summed E-state index contributed by atoms with van der Waals surface area (Å²) in [6, 6.07) is 7.29. The third-order valence-electron chi connectivity index (χ3n) is 5.96. The van der Waals surface area contributed by atoms with Crippen molar-refractivity contribution in [3.05, 3.63) is 29.8 Å². The van der Waals surface area contributed by atoms with Crippen molar-refractivity contribution in [2.45, 2.75) is 50.5 Å². The van der Waals surface area contributed by atoms with Gasteiger partial charge in [0.15, 0.2) is 6.54 Å². The highest BCUT2D eigenvalue weighted by Gasteiger charge is 2.31. The van der Waals surface area contributed by atoms with E-state index >= 15 is 0 Å². The minimum atomic E-state index is -3.44. The van der Waals surface area contributed by atoms with Crippen molar-refractivity contribution in [3.63, 3.8) is 0 Å². The largest absolute Gasteiger partial charge is 0.348 e. The summed E-state index contributed by atoms with van der Waals surface area (Å²) in [7, 11) is -3.44. The molecule has 6 nitrogen and oxygen atoms in total. The average molecular weight is 395 g/mol. The lowest BCUT2D eigenvalue weighted by molar-refractivity contribution is -0.895. The van der Waals surface area contributed by atoms with Crippen LogP contribution in [0.1, 0.15) is 38.2 Å². The van der Waals surface area contributed by atoms with Crippen LogP contribution in [0.5, 0.6) is 0 Å². The normalized spacial score (nSPS) is 25.3. The Hall–Kier alpha value is -1.44. The monoisotopic (exact) mass is 394 g/mol. The summed E-state index contributed by atoms with van der Waals surface area (Å²) >= 11 is 0. The fourth-order valence-electron chi connectivity index (χ4n) is 4.09.